The number of hydrogen-bond donors (Lipinski definition) is 1. The third-order valence-electron chi connectivity index (χ3n) is 6.54. The molecule has 1 aromatic heterocycles. The second-order valence-corrected chi connectivity index (χ2v) is 8.94. The third kappa shape index (κ3) is 4.93. The minimum atomic E-state index is 0.0599. The molecule has 0 spiro atoms. The molecule has 0 unspecified atom stereocenters. The first-order valence-corrected chi connectivity index (χ1v) is 11.6. The quantitative estimate of drug-likeness (QED) is 0.757. The van der Waals surface area contributed by atoms with Crippen molar-refractivity contribution in [3.63, 3.8) is 0 Å². The van der Waals surface area contributed by atoms with Crippen LogP contribution in [0, 0.1) is 5.92 Å². The summed E-state index contributed by atoms with van der Waals surface area (Å²) in [5, 5.41) is 3.53. The summed E-state index contributed by atoms with van der Waals surface area (Å²) in [6, 6.07) is 9.01. The van der Waals surface area contributed by atoms with E-state index in [1.165, 1.54) is 31.4 Å². The summed E-state index contributed by atoms with van der Waals surface area (Å²) in [6.07, 6.45) is 6.80. The lowest BCUT2D eigenvalue weighted by Gasteiger charge is -2.29. The van der Waals surface area contributed by atoms with E-state index >= 15 is 0 Å². The third-order valence-corrected chi connectivity index (χ3v) is 6.54. The van der Waals surface area contributed by atoms with Gasteiger partial charge in [0.05, 0.1) is 32.0 Å². The predicted octanol–water partition coefficient (Wildman–Crippen LogP) is 3.75. The number of benzene rings is 1. The Morgan fingerprint density at radius 2 is 1.74 bits per heavy atom. The van der Waals surface area contributed by atoms with E-state index in [4.69, 9.17) is 19.2 Å². The second-order valence-electron chi connectivity index (χ2n) is 8.94. The Balaban J connectivity index is 1.35. The SMILES string of the molecule is C[C@H]1CC[C@H](Nc2ncc(-c3ccc(N4CCOCC4)cc3)c(OC3COC3)n2)CC1. The molecule has 1 aromatic carbocycles. The Hall–Kier alpha value is -2.38. The Morgan fingerprint density at radius 3 is 2.42 bits per heavy atom. The van der Waals surface area contributed by atoms with E-state index in [1.807, 2.05) is 6.20 Å². The first kappa shape index (κ1) is 20.5. The van der Waals surface area contributed by atoms with Crippen LogP contribution in [0.3, 0.4) is 0 Å². The van der Waals surface area contributed by atoms with Crippen LogP contribution in [0.2, 0.25) is 0 Å². The average molecular weight is 425 g/mol. The summed E-state index contributed by atoms with van der Waals surface area (Å²) >= 11 is 0. The van der Waals surface area contributed by atoms with E-state index in [0.29, 0.717) is 31.1 Å². The number of ether oxygens (including phenoxy) is 3. The van der Waals surface area contributed by atoms with Gasteiger partial charge in [-0.25, -0.2) is 4.98 Å². The van der Waals surface area contributed by atoms with Crippen LogP contribution in [0.5, 0.6) is 5.88 Å². The van der Waals surface area contributed by atoms with Crippen LogP contribution in [0.4, 0.5) is 11.6 Å². The van der Waals surface area contributed by atoms with Crippen molar-refractivity contribution >= 4 is 11.6 Å². The highest BCUT2D eigenvalue weighted by Crippen LogP contribution is 2.32. The lowest BCUT2D eigenvalue weighted by molar-refractivity contribution is -0.0810. The Morgan fingerprint density at radius 1 is 1.00 bits per heavy atom. The van der Waals surface area contributed by atoms with Crippen LogP contribution < -0.4 is 15.0 Å². The fourth-order valence-corrected chi connectivity index (χ4v) is 4.42. The smallest absolute Gasteiger partial charge is 0.226 e. The summed E-state index contributed by atoms with van der Waals surface area (Å²) in [6.45, 7) is 6.98. The van der Waals surface area contributed by atoms with Gasteiger partial charge in [-0.3, -0.25) is 0 Å². The van der Waals surface area contributed by atoms with Gasteiger partial charge in [0.1, 0.15) is 6.10 Å². The van der Waals surface area contributed by atoms with Crippen LogP contribution in [0.25, 0.3) is 11.1 Å². The molecular formula is C24H32N4O3. The minimum absolute atomic E-state index is 0.0599. The number of nitrogens with zero attached hydrogens (tertiary/aromatic N) is 3. The molecule has 3 fully saturated rings. The molecule has 3 aliphatic rings. The predicted molar refractivity (Wildman–Crippen MR) is 121 cm³/mol. The summed E-state index contributed by atoms with van der Waals surface area (Å²) in [5.74, 6) is 2.11. The number of anilines is 2. The van der Waals surface area contributed by atoms with E-state index < -0.39 is 0 Å². The van der Waals surface area contributed by atoms with Crippen LogP contribution in [0.15, 0.2) is 30.5 Å². The van der Waals surface area contributed by atoms with Gasteiger partial charge in [0.25, 0.3) is 0 Å². The molecule has 3 heterocycles. The van der Waals surface area contributed by atoms with Gasteiger partial charge in [0.15, 0.2) is 0 Å². The van der Waals surface area contributed by atoms with Crippen molar-refractivity contribution in [1.82, 2.24) is 9.97 Å². The summed E-state index contributed by atoms with van der Waals surface area (Å²) < 4.78 is 16.9. The zero-order valence-electron chi connectivity index (χ0n) is 18.3. The lowest BCUT2D eigenvalue weighted by Crippen LogP contribution is -2.39. The molecule has 0 radical (unpaired) electrons. The van der Waals surface area contributed by atoms with Gasteiger partial charge in [-0.05, 0) is 49.3 Å². The molecule has 0 bridgehead atoms. The fourth-order valence-electron chi connectivity index (χ4n) is 4.42. The van der Waals surface area contributed by atoms with Crippen molar-refractivity contribution in [1.29, 1.82) is 0 Å². The maximum Gasteiger partial charge on any atom is 0.226 e. The molecule has 166 valence electrons. The largest absolute Gasteiger partial charge is 0.469 e. The summed E-state index contributed by atoms with van der Waals surface area (Å²) in [7, 11) is 0. The molecule has 1 saturated carbocycles. The van der Waals surface area contributed by atoms with E-state index in [2.05, 4.69) is 46.4 Å². The first-order valence-electron chi connectivity index (χ1n) is 11.6. The van der Waals surface area contributed by atoms with Crippen molar-refractivity contribution in [3.8, 4) is 17.0 Å². The Labute approximate surface area is 184 Å². The van der Waals surface area contributed by atoms with Crippen LogP contribution in [-0.4, -0.2) is 61.6 Å². The fraction of sp³-hybridized carbons (Fsp3) is 0.583. The highest BCUT2D eigenvalue weighted by Gasteiger charge is 2.24. The molecule has 2 saturated heterocycles. The monoisotopic (exact) mass is 424 g/mol. The van der Waals surface area contributed by atoms with E-state index in [9.17, 15) is 0 Å². The first-order chi connectivity index (χ1) is 15.2. The molecule has 0 atom stereocenters. The molecular weight excluding hydrogens is 392 g/mol. The topological polar surface area (TPSA) is 68.7 Å². The maximum atomic E-state index is 6.19. The molecule has 1 aliphatic carbocycles. The molecule has 1 N–H and O–H groups in total. The number of aromatic nitrogens is 2. The molecule has 2 aromatic rings. The molecule has 31 heavy (non-hydrogen) atoms. The van der Waals surface area contributed by atoms with E-state index in [1.54, 1.807) is 0 Å². The molecule has 2 aliphatic heterocycles. The van der Waals surface area contributed by atoms with Crippen molar-refractivity contribution in [2.24, 2.45) is 5.92 Å². The Kier molecular flexibility index (Phi) is 6.22. The average Bonchev–Trinajstić information content (AvgIpc) is 2.79. The van der Waals surface area contributed by atoms with Gasteiger partial charge < -0.3 is 24.4 Å². The number of hydrogen-bond acceptors (Lipinski definition) is 7. The van der Waals surface area contributed by atoms with Gasteiger partial charge in [-0.1, -0.05) is 19.1 Å². The van der Waals surface area contributed by atoms with E-state index in [-0.39, 0.29) is 6.10 Å². The van der Waals surface area contributed by atoms with Crippen LogP contribution >= 0.6 is 0 Å². The summed E-state index contributed by atoms with van der Waals surface area (Å²) in [4.78, 5) is 11.8. The van der Waals surface area contributed by atoms with Crippen LogP contribution in [-0.2, 0) is 9.47 Å². The van der Waals surface area contributed by atoms with Crippen molar-refractivity contribution < 1.29 is 14.2 Å². The number of rotatable bonds is 6. The number of nitrogens with one attached hydrogen (secondary N) is 1. The van der Waals surface area contributed by atoms with Gasteiger partial charge in [-0.2, -0.15) is 4.98 Å². The normalized spacial score (nSPS) is 24.5. The van der Waals surface area contributed by atoms with Crippen molar-refractivity contribution in [2.45, 2.75) is 44.8 Å². The summed E-state index contributed by atoms with van der Waals surface area (Å²) in [5.41, 5.74) is 3.20. The zero-order chi connectivity index (χ0) is 21.0. The Bertz CT molecular complexity index is 858. The minimum Gasteiger partial charge on any atom is -0.469 e. The highest BCUT2D eigenvalue weighted by atomic mass is 16.6. The van der Waals surface area contributed by atoms with E-state index in [0.717, 1.165) is 43.3 Å². The van der Waals surface area contributed by atoms with Crippen molar-refractivity contribution in [2.75, 3.05) is 49.7 Å². The molecule has 0 amide bonds. The van der Waals surface area contributed by atoms with Gasteiger partial charge in [0.2, 0.25) is 11.8 Å². The van der Waals surface area contributed by atoms with Crippen molar-refractivity contribution in [3.05, 3.63) is 30.5 Å². The van der Waals surface area contributed by atoms with Gasteiger partial charge >= 0.3 is 0 Å². The van der Waals surface area contributed by atoms with Crippen LogP contribution in [0.1, 0.15) is 32.6 Å². The van der Waals surface area contributed by atoms with Gasteiger partial charge in [-0.15, -0.1) is 0 Å². The maximum absolute atomic E-state index is 6.19. The highest BCUT2D eigenvalue weighted by molar-refractivity contribution is 5.70. The van der Waals surface area contributed by atoms with Gasteiger partial charge in [0, 0.05) is 31.0 Å². The lowest BCUT2D eigenvalue weighted by atomic mass is 9.87. The molecule has 5 rings (SSSR count). The number of morpholine rings is 1. The zero-order valence-corrected chi connectivity index (χ0v) is 18.3. The molecule has 7 heteroatoms. The standard InChI is InChI=1S/C24H32N4O3/c1-17-2-6-19(7-3-17)26-24-25-14-22(23(27-24)31-21-15-30-16-21)18-4-8-20(9-5-18)28-10-12-29-13-11-28/h4-5,8-9,14,17,19,21H,2-3,6-7,10-13,15-16H2,1H3,(H,25,26,27)/t17-,19-. The second kappa shape index (κ2) is 9.40. The molecule has 7 nitrogen and oxygen atoms in total.